The molecule has 0 bridgehead atoms. The number of aromatic nitrogens is 2. The van der Waals surface area contributed by atoms with E-state index in [9.17, 15) is 0 Å². The molecule has 2 aromatic heterocycles. The third-order valence-electron chi connectivity index (χ3n) is 2.78. The van der Waals surface area contributed by atoms with Gasteiger partial charge in [0.1, 0.15) is 5.69 Å². The first-order valence-corrected chi connectivity index (χ1v) is 6.54. The highest BCUT2D eigenvalue weighted by Gasteiger charge is 2.08. The predicted octanol–water partition coefficient (Wildman–Crippen LogP) is 1.58. The summed E-state index contributed by atoms with van der Waals surface area (Å²) in [5.74, 6) is 0.00695. The summed E-state index contributed by atoms with van der Waals surface area (Å²) in [6.45, 7) is 2.78. The van der Waals surface area contributed by atoms with Crippen molar-refractivity contribution in [1.82, 2.24) is 9.97 Å². The Labute approximate surface area is 115 Å². The molecular formula is C12H15N5OS. The molecule has 0 saturated carbocycles. The average molecular weight is 277 g/mol. The highest BCUT2D eigenvalue weighted by atomic mass is 32.1. The van der Waals surface area contributed by atoms with E-state index in [0.29, 0.717) is 5.69 Å². The van der Waals surface area contributed by atoms with Gasteiger partial charge in [0.05, 0.1) is 29.6 Å². The summed E-state index contributed by atoms with van der Waals surface area (Å²) in [4.78, 5) is 11.7. The molecule has 0 aromatic carbocycles. The zero-order valence-electron chi connectivity index (χ0n) is 10.7. The maximum absolute atomic E-state index is 8.58. The molecule has 3 N–H and O–H groups in total. The Hall–Kier alpha value is -2.15. The minimum atomic E-state index is 0.00695. The highest BCUT2D eigenvalue weighted by Crippen LogP contribution is 2.19. The molecule has 6 nitrogen and oxygen atoms in total. The first kappa shape index (κ1) is 13.3. The van der Waals surface area contributed by atoms with Crippen molar-refractivity contribution >= 4 is 22.9 Å². The second-order valence-electron chi connectivity index (χ2n) is 4.10. The Morgan fingerprint density at radius 1 is 1.47 bits per heavy atom. The average Bonchev–Trinajstić information content (AvgIpc) is 2.83. The molecule has 0 spiro atoms. The zero-order valence-corrected chi connectivity index (χ0v) is 11.6. The third kappa shape index (κ3) is 3.00. The number of nitrogens with two attached hydrogens (primary N) is 1. The van der Waals surface area contributed by atoms with E-state index >= 15 is 0 Å². The first-order chi connectivity index (χ1) is 9.11. The van der Waals surface area contributed by atoms with Gasteiger partial charge in [0.2, 0.25) is 0 Å². The van der Waals surface area contributed by atoms with Gasteiger partial charge in [0.25, 0.3) is 0 Å². The monoisotopic (exact) mass is 277 g/mol. The Kier molecular flexibility index (Phi) is 3.96. The van der Waals surface area contributed by atoms with Crippen LogP contribution in [0.3, 0.4) is 0 Å². The van der Waals surface area contributed by atoms with Crippen LogP contribution in [-0.2, 0) is 6.54 Å². The van der Waals surface area contributed by atoms with Gasteiger partial charge in [-0.2, -0.15) is 0 Å². The SMILES string of the molecule is Cc1ncsc1CN(C)c1ccc(/C(N)=N/O)nc1. The summed E-state index contributed by atoms with van der Waals surface area (Å²) >= 11 is 1.64. The van der Waals surface area contributed by atoms with Crippen molar-refractivity contribution in [3.63, 3.8) is 0 Å². The van der Waals surface area contributed by atoms with Crippen molar-refractivity contribution < 1.29 is 5.21 Å². The van der Waals surface area contributed by atoms with Crippen molar-refractivity contribution in [2.45, 2.75) is 13.5 Å². The normalized spacial score (nSPS) is 11.6. The van der Waals surface area contributed by atoms with E-state index in [-0.39, 0.29) is 5.84 Å². The number of amidine groups is 1. The van der Waals surface area contributed by atoms with E-state index in [1.54, 1.807) is 23.6 Å². The van der Waals surface area contributed by atoms with Crippen molar-refractivity contribution in [2.24, 2.45) is 10.9 Å². The molecule has 0 fully saturated rings. The zero-order chi connectivity index (χ0) is 13.8. The fourth-order valence-electron chi connectivity index (χ4n) is 1.60. The molecule has 0 amide bonds. The van der Waals surface area contributed by atoms with E-state index < -0.39 is 0 Å². The third-order valence-corrected chi connectivity index (χ3v) is 3.70. The highest BCUT2D eigenvalue weighted by molar-refractivity contribution is 7.09. The van der Waals surface area contributed by atoms with Gasteiger partial charge in [-0.15, -0.1) is 11.3 Å². The summed E-state index contributed by atoms with van der Waals surface area (Å²) < 4.78 is 0. The van der Waals surface area contributed by atoms with Crippen molar-refractivity contribution in [1.29, 1.82) is 0 Å². The van der Waals surface area contributed by atoms with Crippen LogP contribution >= 0.6 is 11.3 Å². The minimum absolute atomic E-state index is 0.00695. The Balaban J connectivity index is 2.12. The second kappa shape index (κ2) is 5.66. The molecule has 0 aliphatic rings. The molecular weight excluding hydrogens is 262 g/mol. The predicted molar refractivity (Wildman–Crippen MR) is 75.7 cm³/mol. The number of rotatable bonds is 4. The molecule has 2 rings (SSSR count). The van der Waals surface area contributed by atoms with Crippen LogP contribution in [0.15, 0.2) is 29.0 Å². The molecule has 7 heteroatoms. The van der Waals surface area contributed by atoms with Gasteiger partial charge in [-0.05, 0) is 19.1 Å². The summed E-state index contributed by atoms with van der Waals surface area (Å²) in [6, 6.07) is 3.61. The topological polar surface area (TPSA) is 87.6 Å². The Bertz CT molecular complexity index is 578. The maximum Gasteiger partial charge on any atom is 0.188 e. The lowest BCUT2D eigenvalue weighted by Gasteiger charge is -2.18. The van der Waals surface area contributed by atoms with Crippen LogP contribution in [0, 0.1) is 6.92 Å². The number of hydrogen-bond acceptors (Lipinski definition) is 6. The molecule has 0 aliphatic carbocycles. The number of aryl methyl sites for hydroxylation is 1. The fraction of sp³-hybridized carbons (Fsp3) is 0.250. The van der Waals surface area contributed by atoms with Crippen LogP contribution in [0.4, 0.5) is 5.69 Å². The van der Waals surface area contributed by atoms with Crippen LogP contribution in [0.1, 0.15) is 16.3 Å². The number of anilines is 1. The second-order valence-corrected chi connectivity index (χ2v) is 5.04. The molecule has 0 unspecified atom stereocenters. The van der Waals surface area contributed by atoms with Gasteiger partial charge < -0.3 is 15.8 Å². The molecule has 0 saturated heterocycles. The van der Waals surface area contributed by atoms with Gasteiger partial charge in [-0.25, -0.2) is 4.98 Å². The maximum atomic E-state index is 8.58. The summed E-state index contributed by atoms with van der Waals surface area (Å²) in [7, 11) is 1.99. The summed E-state index contributed by atoms with van der Waals surface area (Å²) in [6.07, 6.45) is 1.70. The van der Waals surface area contributed by atoms with Crippen LogP contribution in [-0.4, -0.2) is 28.1 Å². The van der Waals surface area contributed by atoms with Crippen molar-refractivity contribution in [3.8, 4) is 0 Å². The molecule has 0 radical (unpaired) electrons. The smallest absolute Gasteiger partial charge is 0.188 e. The molecule has 2 heterocycles. The van der Waals surface area contributed by atoms with E-state index in [0.717, 1.165) is 17.9 Å². The van der Waals surface area contributed by atoms with Gasteiger partial charge in [0, 0.05) is 11.9 Å². The fourth-order valence-corrected chi connectivity index (χ4v) is 2.43. The van der Waals surface area contributed by atoms with Crippen LogP contribution in [0.5, 0.6) is 0 Å². The number of nitrogens with zero attached hydrogens (tertiary/aromatic N) is 4. The van der Waals surface area contributed by atoms with Gasteiger partial charge in [-0.3, -0.25) is 4.98 Å². The van der Waals surface area contributed by atoms with Crippen molar-refractivity contribution in [3.05, 3.63) is 40.1 Å². The van der Waals surface area contributed by atoms with Gasteiger partial charge >= 0.3 is 0 Å². The van der Waals surface area contributed by atoms with E-state index in [2.05, 4.69) is 20.0 Å². The lowest BCUT2D eigenvalue weighted by atomic mass is 10.3. The number of hydrogen-bond donors (Lipinski definition) is 2. The Morgan fingerprint density at radius 2 is 2.26 bits per heavy atom. The Morgan fingerprint density at radius 3 is 2.79 bits per heavy atom. The van der Waals surface area contributed by atoms with E-state index in [1.807, 2.05) is 25.5 Å². The number of thiazole rings is 1. The van der Waals surface area contributed by atoms with Gasteiger partial charge in [0.15, 0.2) is 5.84 Å². The standard InChI is InChI=1S/C12H15N5OS/c1-8-11(19-7-15-8)6-17(2)9-3-4-10(14-5-9)12(13)16-18/h3-5,7,18H,6H2,1-2H3,(H2,13,16). The van der Waals surface area contributed by atoms with E-state index in [4.69, 9.17) is 10.9 Å². The summed E-state index contributed by atoms with van der Waals surface area (Å²) in [5.41, 5.74) is 9.78. The van der Waals surface area contributed by atoms with Gasteiger partial charge in [-0.1, -0.05) is 5.16 Å². The minimum Gasteiger partial charge on any atom is -0.409 e. The largest absolute Gasteiger partial charge is 0.409 e. The number of pyridine rings is 1. The molecule has 0 atom stereocenters. The number of oxime groups is 1. The lowest BCUT2D eigenvalue weighted by molar-refractivity contribution is 0.318. The molecule has 2 aromatic rings. The van der Waals surface area contributed by atoms with Crippen LogP contribution < -0.4 is 10.6 Å². The van der Waals surface area contributed by atoms with E-state index in [1.165, 1.54) is 4.88 Å². The molecule has 100 valence electrons. The van der Waals surface area contributed by atoms with Crippen LogP contribution in [0.25, 0.3) is 0 Å². The van der Waals surface area contributed by atoms with Crippen LogP contribution in [0.2, 0.25) is 0 Å². The summed E-state index contributed by atoms with van der Waals surface area (Å²) in [5, 5.41) is 11.5. The molecule has 19 heavy (non-hydrogen) atoms. The quantitative estimate of drug-likeness (QED) is 0.383. The molecule has 0 aliphatic heterocycles. The lowest BCUT2D eigenvalue weighted by Crippen LogP contribution is -2.18. The first-order valence-electron chi connectivity index (χ1n) is 5.66. The van der Waals surface area contributed by atoms with Crippen molar-refractivity contribution in [2.75, 3.05) is 11.9 Å².